The molecule has 1 aliphatic rings. The minimum absolute atomic E-state index is 0.155. The third-order valence-corrected chi connectivity index (χ3v) is 2.32. The molecule has 0 spiro atoms. The SMILES string of the molecule is CCNCC1CC(c2ccccn2)=NO1. The van der Waals surface area contributed by atoms with E-state index in [0.29, 0.717) is 0 Å². The van der Waals surface area contributed by atoms with Gasteiger partial charge in [-0.3, -0.25) is 4.98 Å². The highest BCUT2D eigenvalue weighted by molar-refractivity contribution is 5.99. The molecule has 2 rings (SSSR count). The molecule has 4 nitrogen and oxygen atoms in total. The monoisotopic (exact) mass is 205 g/mol. The Hall–Kier alpha value is -1.42. The van der Waals surface area contributed by atoms with Gasteiger partial charge in [-0.25, -0.2) is 0 Å². The van der Waals surface area contributed by atoms with Crippen LogP contribution in [-0.2, 0) is 4.84 Å². The van der Waals surface area contributed by atoms with Crippen molar-refractivity contribution in [1.29, 1.82) is 0 Å². The van der Waals surface area contributed by atoms with Gasteiger partial charge >= 0.3 is 0 Å². The molecule has 0 radical (unpaired) electrons. The first kappa shape index (κ1) is 10.1. The largest absolute Gasteiger partial charge is 0.390 e. The van der Waals surface area contributed by atoms with Gasteiger partial charge in [0.1, 0.15) is 11.8 Å². The molecule has 0 amide bonds. The summed E-state index contributed by atoms with van der Waals surface area (Å²) < 4.78 is 0. The molecule has 1 atom stereocenters. The third-order valence-electron chi connectivity index (χ3n) is 2.32. The predicted molar refractivity (Wildman–Crippen MR) is 58.8 cm³/mol. The summed E-state index contributed by atoms with van der Waals surface area (Å²) >= 11 is 0. The molecular weight excluding hydrogens is 190 g/mol. The average molecular weight is 205 g/mol. The van der Waals surface area contributed by atoms with Gasteiger partial charge in [0, 0.05) is 19.2 Å². The van der Waals surface area contributed by atoms with E-state index in [2.05, 4.69) is 22.4 Å². The second kappa shape index (κ2) is 4.89. The number of likely N-dealkylation sites (N-methyl/N-ethyl adjacent to an activating group) is 1. The van der Waals surface area contributed by atoms with Crippen molar-refractivity contribution in [2.45, 2.75) is 19.4 Å². The zero-order valence-electron chi connectivity index (χ0n) is 8.81. The van der Waals surface area contributed by atoms with Gasteiger partial charge in [-0.2, -0.15) is 0 Å². The molecule has 0 fully saturated rings. The predicted octanol–water partition coefficient (Wildman–Crippen LogP) is 1.18. The number of nitrogens with one attached hydrogen (secondary N) is 1. The van der Waals surface area contributed by atoms with Crippen molar-refractivity contribution in [2.75, 3.05) is 13.1 Å². The minimum Gasteiger partial charge on any atom is -0.390 e. The van der Waals surface area contributed by atoms with Crippen molar-refractivity contribution in [3.05, 3.63) is 30.1 Å². The van der Waals surface area contributed by atoms with Gasteiger partial charge in [0.25, 0.3) is 0 Å². The highest BCUT2D eigenvalue weighted by Crippen LogP contribution is 2.14. The fourth-order valence-electron chi connectivity index (χ4n) is 1.53. The molecule has 1 aromatic heterocycles. The molecule has 0 saturated carbocycles. The van der Waals surface area contributed by atoms with Gasteiger partial charge in [-0.05, 0) is 18.7 Å². The Morgan fingerprint density at radius 2 is 2.47 bits per heavy atom. The highest BCUT2D eigenvalue weighted by Gasteiger charge is 2.21. The summed E-state index contributed by atoms with van der Waals surface area (Å²) in [7, 11) is 0. The van der Waals surface area contributed by atoms with Crippen LogP contribution in [0.4, 0.5) is 0 Å². The molecule has 2 heterocycles. The van der Waals surface area contributed by atoms with Crippen molar-refractivity contribution < 1.29 is 4.84 Å². The fraction of sp³-hybridized carbons (Fsp3) is 0.455. The van der Waals surface area contributed by atoms with Gasteiger partial charge in [-0.1, -0.05) is 18.1 Å². The Morgan fingerprint density at radius 1 is 1.53 bits per heavy atom. The second-order valence-electron chi connectivity index (χ2n) is 3.49. The van der Waals surface area contributed by atoms with Crippen LogP contribution in [0.1, 0.15) is 19.0 Å². The zero-order valence-corrected chi connectivity index (χ0v) is 8.81. The van der Waals surface area contributed by atoms with Crippen molar-refractivity contribution in [2.24, 2.45) is 5.16 Å². The van der Waals surface area contributed by atoms with Crippen molar-refractivity contribution in [3.8, 4) is 0 Å². The van der Waals surface area contributed by atoms with Crippen LogP contribution >= 0.6 is 0 Å². The number of hydrogen-bond acceptors (Lipinski definition) is 4. The van der Waals surface area contributed by atoms with E-state index in [4.69, 9.17) is 4.84 Å². The molecule has 15 heavy (non-hydrogen) atoms. The Kier molecular flexibility index (Phi) is 3.29. The first-order valence-electron chi connectivity index (χ1n) is 5.25. The summed E-state index contributed by atoms with van der Waals surface area (Å²) in [4.78, 5) is 9.55. The topological polar surface area (TPSA) is 46.5 Å². The summed E-state index contributed by atoms with van der Waals surface area (Å²) in [6.07, 6.45) is 2.77. The molecule has 0 saturated heterocycles. The molecule has 0 bridgehead atoms. The lowest BCUT2D eigenvalue weighted by atomic mass is 10.1. The van der Waals surface area contributed by atoms with Crippen LogP contribution in [0.15, 0.2) is 29.6 Å². The van der Waals surface area contributed by atoms with E-state index in [9.17, 15) is 0 Å². The van der Waals surface area contributed by atoms with Crippen LogP contribution in [0.3, 0.4) is 0 Å². The summed E-state index contributed by atoms with van der Waals surface area (Å²) in [6, 6.07) is 5.82. The second-order valence-corrected chi connectivity index (χ2v) is 3.49. The maximum absolute atomic E-state index is 5.31. The lowest BCUT2D eigenvalue weighted by Gasteiger charge is -2.07. The Bertz CT molecular complexity index is 337. The minimum atomic E-state index is 0.155. The summed E-state index contributed by atoms with van der Waals surface area (Å²) in [5.74, 6) is 0. The number of nitrogens with zero attached hydrogens (tertiary/aromatic N) is 2. The Morgan fingerprint density at radius 3 is 3.20 bits per heavy atom. The average Bonchev–Trinajstić information content (AvgIpc) is 2.76. The van der Waals surface area contributed by atoms with Gasteiger partial charge in [-0.15, -0.1) is 0 Å². The van der Waals surface area contributed by atoms with Crippen LogP contribution in [0.2, 0.25) is 0 Å². The number of aromatic nitrogens is 1. The number of rotatable bonds is 4. The first-order chi connectivity index (χ1) is 7.40. The summed E-state index contributed by atoms with van der Waals surface area (Å²) in [5, 5.41) is 7.30. The highest BCUT2D eigenvalue weighted by atomic mass is 16.6. The van der Waals surface area contributed by atoms with Gasteiger partial charge in [0.15, 0.2) is 0 Å². The quantitative estimate of drug-likeness (QED) is 0.803. The molecule has 1 aromatic rings. The van der Waals surface area contributed by atoms with E-state index < -0.39 is 0 Å². The Labute approximate surface area is 89.3 Å². The van der Waals surface area contributed by atoms with E-state index in [1.165, 1.54) is 0 Å². The maximum atomic E-state index is 5.31. The molecule has 1 aliphatic heterocycles. The van der Waals surface area contributed by atoms with Gasteiger partial charge in [0.05, 0.1) is 5.69 Å². The lowest BCUT2D eigenvalue weighted by Crippen LogP contribution is -2.26. The molecule has 80 valence electrons. The number of hydrogen-bond donors (Lipinski definition) is 1. The third kappa shape index (κ3) is 2.53. The van der Waals surface area contributed by atoms with Crippen molar-refractivity contribution in [1.82, 2.24) is 10.3 Å². The number of oxime groups is 1. The molecule has 1 N–H and O–H groups in total. The van der Waals surface area contributed by atoms with E-state index >= 15 is 0 Å². The van der Waals surface area contributed by atoms with Crippen LogP contribution < -0.4 is 5.32 Å². The fourth-order valence-corrected chi connectivity index (χ4v) is 1.53. The van der Waals surface area contributed by atoms with Crippen molar-refractivity contribution >= 4 is 5.71 Å². The standard InChI is InChI=1S/C11H15N3O/c1-2-12-8-9-7-11(14-15-9)10-5-3-4-6-13-10/h3-6,9,12H,2,7-8H2,1H3. The molecule has 1 unspecified atom stereocenters. The molecule has 0 aromatic carbocycles. The molecular formula is C11H15N3O. The van der Waals surface area contributed by atoms with Crippen LogP contribution in [0.25, 0.3) is 0 Å². The maximum Gasteiger partial charge on any atom is 0.145 e. The summed E-state index contributed by atoms with van der Waals surface area (Å²) in [5.41, 5.74) is 1.86. The summed E-state index contributed by atoms with van der Waals surface area (Å²) in [6.45, 7) is 3.88. The van der Waals surface area contributed by atoms with Crippen LogP contribution in [0.5, 0.6) is 0 Å². The number of pyridine rings is 1. The molecule has 0 aliphatic carbocycles. The van der Waals surface area contributed by atoms with E-state index in [-0.39, 0.29) is 6.10 Å². The normalized spacial score (nSPS) is 19.8. The van der Waals surface area contributed by atoms with Crippen LogP contribution in [-0.4, -0.2) is 29.9 Å². The smallest absolute Gasteiger partial charge is 0.145 e. The van der Waals surface area contributed by atoms with E-state index in [1.807, 2.05) is 18.2 Å². The van der Waals surface area contributed by atoms with Gasteiger partial charge < -0.3 is 10.2 Å². The van der Waals surface area contributed by atoms with Crippen molar-refractivity contribution in [3.63, 3.8) is 0 Å². The van der Waals surface area contributed by atoms with Crippen LogP contribution in [0, 0.1) is 0 Å². The Balaban J connectivity index is 1.92. The van der Waals surface area contributed by atoms with E-state index in [0.717, 1.165) is 30.9 Å². The first-order valence-corrected chi connectivity index (χ1v) is 5.25. The van der Waals surface area contributed by atoms with Gasteiger partial charge in [0.2, 0.25) is 0 Å². The molecule has 4 heteroatoms. The zero-order chi connectivity index (χ0) is 10.5. The van der Waals surface area contributed by atoms with E-state index in [1.54, 1.807) is 6.20 Å². The lowest BCUT2D eigenvalue weighted by molar-refractivity contribution is 0.0855.